The molecule has 2 unspecified atom stereocenters. The van der Waals surface area contributed by atoms with Gasteiger partial charge in [-0.2, -0.15) is 0 Å². The molecule has 1 aliphatic carbocycles. The molecular formula is C19H27ClFN5O. The van der Waals surface area contributed by atoms with Gasteiger partial charge in [-0.3, -0.25) is 4.79 Å². The molecule has 3 rings (SSSR count). The fraction of sp³-hybridized carbons (Fsp3) is 0.526. The number of amides is 1. The van der Waals surface area contributed by atoms with Gasteiger partial charge in [0.15, 0.2) is 0 Å². The third kappa shape index (κ3) is 4.65. The highest BCUT2D eigenvalue weighted by Crippen LogP contribution is 2.24. The molecule has 0 saturated heterocycles. The van der Waals surface area contributed by atoms with Crippen LogP contribution in [0.2, 0.25) is 0 Å². The molecule has 1 fully saturated rings. The molecule has 1 heterocycles. The maximum absolute atomic E-state index is 14.2. The monoisotopic (exact) mass is 395 g/mol. The lowest BCUT2D eigenvalue weighted by Crippen LogP contribution is -2.45. The molecule has 3 N–H and O–H groups in total. The number of hydrogen-bond acceptors (Lipinski definition) is 4. The largest absolute Gasteiger partial charge is 0.346 e. The molecule has 27 heavy (non-hydrogen) atoms. The summed E-state index contributed by atoms with van der Waals surface area (Å²) in [4.78, 5) is 17.1. The zero-order chi connectivity index (χ0) is 18.7. The molecule has 0 radical (unpaired) electrons. The summed E-state index contributed by atoms with van der Waals surface area (Å²) in [5.41, 5.74) is 6.13. The number of benzene rings is 1. The second-order valence-corrected chi connectivity index (χ2v) is 7.17. The van der Waals surface area contributed by atoms with E-state index in [4.69, 9.17) is 5.73 Å². The van der Waals surface area contributed by atoms with Crippen LogP contribution in [-0.4, -0.2) is 33.3 Å². The molecular weight excluding hydrogens is 369 g/mol. The highest BCUT2D eigenvalue weighted by atomic mass is 35.5. The molecule has 0 aliphatic heterocycles. The fourth-order valence-corrected chi connectivity index (χ4v) is 3.51. The summed E-state index contributed by atoms with van der Waals surface area (Å²) in [5, 5.41) is 7.33. The zero-order valence-corrected chi connectivity index (χ0v) is 16.5. The van der Waals surface area contributed by atoms with Crippen molar-refractivity contribution in [3.63, 3.8) is 0 Å². The molecule has 1 aromatic carbocycles. The summed E-state index contributed by atoms with van der Waals surface area (Å²) in [7, 11) is 0. The average molecular weight is 396 g/mol. The first kappa shape index (κ1) is 21.3. The summed E-state index contributed by atoms with van der Waals surface area (Å²) in [6.45, 7) is 4.43. The van der Waals surface area contributed by atoms with Crippen LogP contribution in [0.5, 0.6) is 0 Å². The van der Waals surface area contributed by atoms with Crippen molar-refractivity contribution in [1.82, 2.24) is 20.1 Å². The topological polar surface area (TPSA) is 85.8 Å². The van der Waals surface area contributed by atoms with Gasteiger partial charge in [0.2, 0.25) is 5.82 Å². The van der Waals surface area contributed by atoms with Gasteiger partial charge in [-0.05, 0) is 37.4 Å². The van der Waals surface area contributed by atoms with Gasteiger partial charge in [0.1, 0.15) is 17.3 Å². The van der Waals surface area contributed by atoms with E-state index in [1.165, 1.54) is 10.7 Å². The molecule has 0 bridgehead atoms. The van der Waals surface area contributed by atoms with Crippen LogP contribution in [-0.2, 0) is 0 Å². The molecule has 2 aromatic rings. The zero-order valence-electron chi connectivity index (χ0n) is 15.7. The summed E-state index contributed by atoms with van der Waals surface area (Å²) >= 11 is 0. The standard InChI is InChI=1S/C19H26FN5O.ClH/c1-12(2)18-23-17(24-25(18)16-10-6-4-8-14(16)20)19(26)22-15-9-5-3-7-13(15)11-21;/h4,6,8,10,12-13,15H,3,5,7,9,11,21H2,1-2H3,(H,22,26);1H. The van der Waals surface area contributed by atoms with Gasteiger partial charge in [-0.25, -0.2) is 14.1 Å². The summed E-state index contributed by atoms with van der Waals surface area (Å²) in [6.07, 6.45) is 4.16. The number of para-hydroxylation sites is 1. The predicted octanol–water partition coefficient (Wildman–Crippen LogP) is 3.20. The maximum Gasteiger partial charge on any atom is 0.291 e. The van der Waals surface area contributed by atoms with E-state index >= 15 is 0 Å². The number of carbonyl (C=O) groups is 1. The van der Waals surface area contributed by atoms with Crippen molar-refractivity contribution in [2.75, 3.05) is 6.54 Å². The fourth-order valence-electron chi connectivity index (χ4n) is 3.51. The van der Waals surface area contributed by atoms with E-state index < -0.39 is 5.82 Å². The second-order valence-electron chi connectivity index (χ2n) is 7.17. The SMILES string of the molecule is CC(C)c1nc(C(=O)NC2CCCCC2CN)nn1-c1ccccc1F.Cl. The Hall–Kier alpha value is -1.99. The van der Waals surface area contributed by atoms with Crippen LogP contribution < -0.4 is 11.1 Å². The number of nitrogens with zero attached hydrogens (tertiary/aromatic N) is 3. The maximum atomic E-state index is 14.2. The third-order valence-corrected chi connectivity index (χ3v) is 4.96. The first-order valence-corrected chi connectivity index (χ1v) is 9.24. The summed E-state index contributed by atoms with van der Waals surface area (Å²) < 4.78 is 15.6. The molecule has 1 saturated carbocycles. The molecule has 1 aliphatic rings. The minimum Gasteiger partial charge on any atom is -0.346 e. The third-order valence-electron chi connectivity index (χ3n) is 4.96. The van der Waals surface area contributed by atoms with Gasteiger partial charge in [-0.15, -0.1) is 17.5 Å². The number of hydrogen-bond donors (Lipinski definition) is 2. The number of nitrogens with one attached hydrogen (secondary N) is 1. The van der Waals surface area contributed by atoms with Gasteiger partial charge in [0, 0.05) is 12.0 Å². The Morgan fingerprint density at radius 1 is 1.33 bits per heavy atom. The van der Waals surface area contributed by atoms with Gasteiger partial charge in [-0.1, -0.05) is 38.8 Å². The molecule has 6 nitrogen and oxygen atoms in total. The van der Waals surface area contributed by atoms with Crippen LogP contribution in [0.1, 0.15) is 61.9 Å². The lowest BCUT2D eigenvalue weighted by molar-refractivity contribution is 0.0897. The van der Waals surface area contributed by atoms with E-state index in [1.807, 2.05) is 13.8 Å². The molecule has 8 heteroatoms. The predicted molar refractivity (Wildman–Crippen MR) is 105 cm³/mol. The van der Waals surface area contributed by atoms with Gasteiger partial charge in [0.05, 0.1) is 0 Å². The van der Waals surface area contributed by atoms with Crippen molar-refractivity contribution in [3.05, 3.63) is 41.7 Å². The Kier molecular flexibility index (Phi) is 7.33. The number of aromatic nitrogens is 3. The Labute approximate surface area is 165 Å². The molecule has 1 aromatic heterocycles. The van der Waals surface area contributed by atoms with Crippen LogP contribution in [0.4, 0.5) is 4.39 Å². The van der Waals surface area contributed by atoms with Crippen molar-refractivity contribution in [2.24, 2.45) is 11.7 Å². The van der Waals surface area contributed by atoms with Crippen LogP contribution in [0.25, 0.3) is 5.69 Å². The van der Waals surface area contributed by atoms with E-state index in [-0.39, 0.29) is 42.0 Å². The first-order valence-electron chi connectivity index (χ1n) is 9.24. The van der Waals surface area contributed by atoms with Crippen LogP contribution in [0.15, 0.2) is 24.3 Å². The Morgan fingerprint density at radius 2 is 2.04 bits per heavy atom. The van der Waals surface area contributed by atoms with E-state index in [2.05, 4.69) is 15.4 Å². The van der Waals surface area contributed by atoms with Crippen molar-refractivity contribution >= 4 is 18.3 Å². The van der Waals surface area contributed by atoms with Gasteiger partial charge in [0.25, 0.3) is 5.91 Å². The number of nitrogens with two attached hydrogens (primary N) is 1. The van der Waals surface area contributed by atoms with E-state index in [0.717, 1.165) is 25.7 Å². The van der Waals surface area contributed by atoms with Crippen molar-refractivity contribution < 1.29 is 9.18 Å². The average Bonchev–Trinajstić information content (AvgIpc) is 3.08. The smallest absolute Gasteiger partial charge is 0.291 e. The van der Waals surface area contributed by atoms with Crippen LogP contribution in [0.3, 0.4) is 0 Å². The van der Waals surface area contributed by atoms with Gasteiger partial charge >= 0.3 is 0 Å². The molecule has 2 atom stereocenters. The Morgan fingerprint density at radius 3 is 2.70 bits per heavy atom. The molecule has 148 valence electrons. The quantitative estimate of drug-likeness (QED) is 0.813. The highest BCUT2D eigenvalue weighted by molar-refractivity contribution is 5.90. The van der Waals surface area contributed by atoms with Crippen LogP contribution in [0, 0.1) is 11.7 Å². The lowest BCUT2D eigenvalue weighted by Gasteiger charge is -2.30. The number of rotatable bonds is 5. The van der Waals surface area contributed by atoms with E-state index in [0.29, 0.717) is 18.1 Å². The van der Waals surface area contributed by atoms with Gasteiger partial charge < -0.3 is 11.1 Å². The summed E-state index contributed by atoms with van der Waals surface area (Å²) in [5.74, 6) is 0.174. The highest BCUT2D eigenvalue weighted by Gasteiger charge is 2.28. The summed E-state index contributed by atoms with van der Waals surface area (Å²) in [6, 6.07) is 6.40. The van der Waals surface area contributed by atoms with E-state index in [1.54, 1.807) is 18.2 Å². The number of carbonyl (C=O) groups excluding carboxylic acids is 1. The van der Waals surface area contributed by atoms with Crippen molar-refractivity contribution in [3.8, 4) is 5.69 Å². The van der Waals surface area contributed by atoms with E-state index in [9.17, 15) is 9.18 Å². The lowest BCUT2D eigenvalue weighted by atomic mass is 9.84. The minimum absolute atomic E-state index is 0. The number of halogens is 2. The van der Waals surface area contributed by atoms with Crippen molar-refractivity contribution in [2.45, 2.75) is 51.5 Å². The first-order chi connectivity index (χ1) is 12.5. The molecule has 0 spiro atoms. The second kappa shape index (κ2) is 9.28. The Bertz CT molecular complexity index is 779. The molecule has 1 amide bonds. The Balaban J connectivity index is 0.00000261. The van der Waals surface area contributed by atoms with Crippen LogP contribution >= 0.6 is 12.4 Å². The normalized spacial score (nSPS) is 19.6. The van der Waals surface area contributed by atoms with Crippen molar-refractivity contribution in [1.29, 1.82) is 0 Å². The minimum atomic E-state index is -0.401.